The summed E-state index contributed by atoms with van der Waals surface area (Å²) in [7, 11) is 0. The summed E-state index contributed by atoms with van der Waals surface area (Å²) >= 11 is 0. The standard InChI is InChI=1S/C20H16N2O3/c1-14-3-4-15(2)19(9-14)24-13-20(23)25-18-7-5-16(6-8-18)10-17(11-21)12-22/h3-10H,13H2,1-2H3. The van der Waals surface area contributed by atoms with Gasteiger partial charge in [0.1, 0.15) is 29.2 Å². The molecule has 0 fully saturated rings. The molecule has 0 radical (unpaired) electrons. The number of nitrogens with zero attached hydrogens (tertiary/aromatic N) is 2. The van der Waals surface area contributed by atoms with Crippen molar-refractivity contribution in [3.8, 4) is 23.6 Å². The van der Waals surface area contributed by atoms with E-state index in [1.165, 1.54) is 6.08 Å². The van der Waals surface area contributed by atoms with E-state index in [4.69, 9.17) is 20.0 Å². The number of esters is 1. The molecule has 0 amide bonds. The van der Waals surface area contributed by atoms with Crippen LogP contribution in [0.25, 0.3) is 6.08 Å². The summed E-state index contributed by atoms with van der Waals surface area (Å²) in [6.45, 7) is 3.66. The van der Waals surface area contributed by atoms with E-state index >= 15 is 0 Å². The zero-order valence-corrected chi connectivity index (χ0v) is 13.9. The fourth-order valence-corrected chi connectivity index (χ4v) is 2.05. The third kappa shape index (κ3) is 5.23. The predicted molar refractivity (Wildman–Crippen MR) is 92.7 cm³/mol. The fourth-order valence-electron chi connectivity index (χ4n) is 2.05. The van der Waals surface area contributed by atoms with Crippen LogP contribution in [-0.4, -0.2) is 12.6 Å². The van der Waals surface area contributed by atoms with Gasteiger partial charge in [0, 0.05) is 0 Å². The Bertz CT molecular complexity index is 869. The molecule has 5 nitrogen and oxygen atoms in total. The van der Waals surface area contributed by atoms with Crippen molar-refractivity contribution in [2.75, 3.05) is 6.61 Å². The third-order valence-electron chi connectivity index (χ3n) is 3.35. The lowest BCUT2D eigenvalue weighted by atomic mass is 10.1. The Morgan fingerprint density at radius 3 is 2.40 bits per heavy atom. The minimum absolute atomic E-state index is 0.00618. The van der Waals surface area contributed by atoms with Gasteiger partial charge in [-0.05, 0) is 54.8 Å². The lowest BCUT2D eigenvalue weighted by molar-refractivity contribution is -0.136. The van der Waals surface area contributed by atoms with Crippen molar-refractivity contribution in [2.45, 2.75) is 13.8 Å². The lowest BCUT2D eigenvalue weighted by Crippen LogP contribution is -2.18. The first-order valence-electron chi connectivity index (χ1n) is 7.54. The molecular weight excluding hydrogens is 316 g/mol. The van der Waals surface area contributed by atoms with E-state index in [1.807, 2.05) is 32.0 Å². The van der Waals surface area contributed by atoms with Gasteiger partial charge in [-0.2, -0.15) is 10.5 Å². The van der Waals surface area contributed by atoms with Crippen LogP contribution in [-0.2, 0) is 4.79 Å². The minimum atomic E-state index is -0.515. The number of aryl methyl sites for hydroxylation is 2. The van der Waals surface area contributed by atoms with Crippen LogP contribution in [0.2, 0.25) is 0 Å². The fraction of sp³-hybridized carbons (Fsp3) is 0.150. The predicted octanol–water partition coefficient (Wildman–Crippen LogP) is 3.72. The Labute approximate surface area is 146 Å². The number of nitriles is 2. The van der Waals surface area contributed by atoms with E-state index < -0.39 is 5.97 Å². The maximum absolute atomic E-state index is 11.9. The lowest BCUT2D eigenvalue weighted by Gasteiger charge is -2.10. The molecule has 25 heavy (non-hydrogen) atoms. The van der Waals surface area contributed by atoms with Gasteiger partial charge in [-0.1, -0.05) is 24.3 Å². The molecule has 5 heteroatoms. The first kappa shape index (κ1) is 17.8. The van der Waals surface area contributed by atoms with E-state index in [-0.39, 0.29) is 12.2 Å². The Kier molecular flexibility index (Phi) is 5.92. The van der Waals surface area contributed by atoms with Crippen molar-refractivity contribution >= 4 is 12.0 Å². The highest BCUT2D eigenvalue weighted by Gasteiger charge is 2.08. The van der Waals surface area contributed by atoms with Gasteiger partial charge in [0.15, 0.2) is 6.61 Å². The van der Waals surface area contributed by atoms with Crippen LogP contribution < -0.4 is 9.47 Å². The molecule has 0 saturated heterocycles. The largest absolute Gasteiger partial charge is 0.482 e. The molecule has 0 atom stereocenters. The van der Waals surface area contributed by atoms with Crippen LogP contribution >= 0.6 is 0 Å². The molecule has 2 aromatic carbocycles. The van der Waals surface area contributed by atoms with Crippen molar-refractivity contribution in [2.24, 2.45) is 0 Å². The van der Waals surface area contributed by atoms with E-state index in [9.17, 15) is 4.79 Å². The Hall–Kier alpha value is -3.57. The quantitative estimate of drug-likeness (QED) is 0.473. The highest BCUT2D eigenvalue weighted by Crippen LogP contribution is 2.19. The molecule has 0 saturated carbocycles. The first-order valence-corrected chi connectivity index (χ1v) is 7.54. The van der Waals surface area contributed by atoms with Crippen molar-refractivity contribution in [1.82, 2.24) is 0 Å². The van der Waals surface area contributed by atoms with Gasteiger partial charge in [0.05, 0.1) is 0 Å². The number of allylic oxidation sites excluding steroid dienone is 1. The Balaban J connectivity index is 1.95. The average Bonchev–Trinajstić information content (AvgIpc) is 2.62. The van der Waals surface area contributed by atoms with Gasteiger partial charge < -0.3 is 9.47 Å². The Morgan fingerprint density at radius 2 is 1.76 bits per heavy atom. The summed E-state index contributed by atoms with van der Waals surface area (Å²) in [5.41, 5.74) is 2.67. The van der Waals surface area contributed by atoms with Crippen LogP contribution in [0.15, 0.2) is 48.0 Å². The molecule has 0 aliphatic rings. The van der Waals surface area contributed by atoms with Crippen LogP contribution in [0.4, 0.5) is 0 Å². The number of carbonyl (C=O) groups is 1. The summed E-state index contributed by atoms with van der Waals surface area (Å²) in [6, 6.07) is 15.8. The minimum Gasteiger partial charge on any atom is -0.482 e. The zero-order chi connectivity index (χ0) is 18.2. The highest BCUT2D eigenvalue weighted by molar-refractivity contribution is 5.74. The van der Waals surface area contributed by atoms with Crippen molar-refractivity contribution in [3.05, 3.63) is 64.7 Å². The van der Waals surface area contributed by atoms with Gasteiger partial charge in [0.2, 0.25) is 0 Å². The van der Waals surface area contributed by atoms with Crippen molar-refractivity contribution in [1.29, 1.82) is 10.5 Å². The molecule has 2 aromatic rings. The average molecular weight is 332 g/mol. The maximum Gasteiger partial charge on any atom is 0.349 e. The summed E-state index contributed by atoms with van der Waals surface area (Å²) in [5, 5.41) is 17.5. The van der Waals surface area contributed by atoms with Gasteiger partial charge in [-0.25, -0.2) is 4.79 Å². The molecular formula is C20H16N2O3. The summed E-state index contributed by atoms with van der Waals surface area (Å²) in [6.07, 6.45) is 1.45. The van der Waals surface area contributed by atoms with Gasteiger partial charge in [0.25, 0.3) is 0 Å². The smallest absolute Gasteiger partial charge is 0.349 e. The van der Waals surface area contributed by atoms with Crippen LogP contribution in [0, 0.1) is 36.5 Å². The summed E-state index contributed by atoms with van der Waals surface area (Å²) < 4.78 is 10.7. The number of benzene rings is 2. The van der Waals surface area contributed by atoms with Crippen LogP contribution in [0.5, 0.6) is 11.5 Å². The molecule has 0 aromatic heterocycles. The van der Waals surface area contributed by atoms with Gasteiger partial charge in [-0.3, -0.25) is 0 Å². The molecule has 0 N–H and O–H groups in total. The number of carbonyl (C=O) groups excluding carboxylic acids is 1. The van der Waals surface area contributed by atoms with E-state index in [0.29, 0.717) is 17.1 Å². The second-order valence-corrected chi connectivity index (χ2v) is 5.38. The molecule has 124 valence electrons. The first-order chi connectivity index (χ1) is 12.0. The second kappa shape index (κ2) is 8.33. The van der Waals surface area contributed by atoms with Gasteiger partial charge >= 0.3 is 5.97 Å². The molecule has 0 heterocycles. The van der Waals surface area contributed by atoms with Gasteiger partial charge in [-0.15, -0.1) is 0 Å². The summed E-state index contributed by atoms with van der Waals surface area (Å²) in [4.78, 5) is 11.9. The van der Waals surface area contributed by atoms with Crippen LogP contribution in [0.3, 0.4) is 0 Å². The molecule has 0 bridgehead atoms. The number of rotatable bonds is 5. The van der Waals surface area contributed by atoms with Crippen LogP contribution in [0.1, 0.15) is 16.7 Å². The molecule has 0 unspecified atom stereocenters. The monoisotopic (exact) mass is 332 g/mol. The van der Waals surface area contributed by atoms with E-state index in [1.54, 1.807) is 36.4 Å². The van der Waals surface area contributed by atoms with E-state index in [0.717, 1.165) is 11.1 Å². The molecule has 0 aliphatic carbocycles. The van der Waals surface area contributed by atoms with Crippen molar-refractivity contribution in [3.63, 3.8) is 0 Å². The third-order valence-corrected chi connectivity index (χ3v) is 3.35. The van der Waals surface area contributed by atoms with Crippen molar-refractivity contribution < 1.29 is 14.3 Å². The maximum atomic E-state index is 11.9. The molecule has 0 aliphatic heterocycles. The topological polar surface area (TPSA) is 83.1 Å². The summed E-state index contributed by atoms with van der Waals surface area (Å²) in [5.74, 6) is 0.499. The molecule has 2 rings (SSSR count). The Morgan fingerprint density at radius 1 is 1.08 bits per heavy atom. The zero-order valence-electron chi connectivity index (χ0n) is 13.9. The number of hydrogen-bond acceptors (Lipinski definition) is 5. The SMILES string of the molecule is Cc1ccc(C)c(OCC(=O)Oc2ccc(C=C(C#N)C#N)cc2)c1. The highest BCUT2D eigenvalue weighted by atomic mass is 16.6. The molecule has 0 spiro atoms. The number of hydrogen-bond donors (Lipinski definition) is 0. The number of ether oxygens (including phenoxy) is 2. The normalized spacial score (nSPS) is 9.44. The van der Waals surface area contributed by atoms with E-state index in [2.05, 4.69) is 0 Å². The second-order valence-electron chi connectivity index (χ2n) is 5.38.